The summed E-state index contributed by atoms with van der Waals surface area (Å²) in [6, 6.07) is 3.65. The number of carboxylic acid groups (broad SMARTS) is 1. The average Bonchev–Trinajstić information content (AvgIpc) is 2.93. The fourth-order valence-electron chi connectivity index (χ4n) is 2.71. The third-order valence-corrected chi connectivity index (χ3v) is 4.02. The van der Waals surface area contributed by atoms with Crippen LogP contribution < -0.4 is 0 Å². The van der Waals surface area contributed by atoms with Crippen molar-refractivity contribution in [3.63, 3.8) is 0 Å². The zero-order valence-corrected chi connectivity index (χ0v) is 11.4. The number of aromatic nitrogens is 2. The van der Waals surface area contributed by atoms with Crippen molar-refractivity contribution in [3.8, 4) is 0 Å². The maximum Gasteiger partial charge on any atom is 0.356 e. The van der Waals surface area contributed by atoms with E-state index in [-0.39, 0.29) is 5.69 Å². The number of pyridine rings is 1. The lowest BCUT2D eigenvalue weighted by Gasteiger charge is -2.07. The van der Waals surface area contributed by atoms with E-state index in [9.17, 15) is 9.90 Å². The van der Waals surface area contributed by atoms with Crippen molar-refractivity contribution in [1.82, 2.24) is 9.38 Å². The third-order valence-electron chi connectivity index (χ3n) is 3.55. The van der Waals surface area contributed by atoms with Gasteiger partial charge in [-0.15, -0.1) is 0 Å². The Labute approximate surface area is 113 Å². The number of halogens is 1. The quantitative estimate of drug-likeness (QED) is 0.924. The standard InChI is InChI=1S/C13H13BrN2O2/c14-9-5-6-10-11(13(17)18)15-12(16(10)7-9)8-3-1-2-4-8/h5-8H,1-4H2,(H,17,18). The minimum Gasteiger partial charge on any atom is -0.476 e. The lowest BCUT2D eigenvalue weighted by atomic mass is 10.1. The van der Waals surface area contributed by atoms with E-state index in [0.29, 0.717) is 11.4 Å². The molecule has 0 aromatic carbocycles. The average molecular weight is 309 g/mol. The first-order valence-electron chi connectivity index (χ1n) is 6.07. The molecule has 1 fully saturated rings. The van der Waals surface area contributed by atoms with E-state index in [0.717, 1.165) is 23.1 Å². The fourth-order valence-corrected chi connectivity index (χ4v) is 3.05. The molecule has 2 aromatic heterocycles. The smallest absolute Gasteiger partial charge is 0.356 e. The van der Waals surface area contributed by atoms with Gasteiger partial charge in [-0.05, 0) is 40.9 Å². The number of aromatic carboxylic acids is 1. The van der Waals surface area contributed by atoms with Crippen LogP contribution in [-0.2, 0) is 0 Å². The van der Waals surface area contributed by atoms with E-state index in [4.69, 9.17) is 0 Å². The van der Waals surface area contributed by atoms with E-state index >= 15 is 0 Å². The van der Waals surface area contributed by atoms with Crippen LogP contribution in [0.25, 0.3) is 5.52 Å². The molecule has 2 aromatic rings. The Bertz CT molecular complexity index is 615. The Balaban J connectivity index is 2.23. The first-order valence-corrected chi connectivity index (χ1v) is 6.87. The summed E-state index contributed by atoms with van der Waals surface area (Å²) in [6.45, 7) is 0. The monoisotopic (exact) mass is 308 g/mol. The molecule has 0 radical (unpaired) electrons. The van der Waals surface area contributed by atoms with E-state index in [1.165, 1.54) is 12.8 Å². The van der Waals surface area contributed by atoms with Gasteiger partial charge in [0.2, 0.25) is 0 Å². The van der Waals surface area contributed by atoms with Crippen molar-refractivity contribution in [2.45, 2.75) is 31.6 Å². The van der Waals surface area contributed by atoms with E-state index in [2.05, 4.69) is 20.9 Å². The van der Waals surface area contributed by atoms with Crippen molar-refractivity contribution in [2.75, 3.05) is 0 Å². The number of carbonyl (C=O) groups is 1. The molecule has 0 unspecified atom stereocenters. The van der Waals surface area contributed by atoms with Gasteiger partial charge in [0.15, 0.2) is 5.69 Å². The zero-order chi connectivity index (χ0) is 12.7. The highest BCUT2D eigenvalue weighted by molar-refractivity contribution is 9.10. The Morgan fingerprint density at radius 1 is 1.39 bits per heavy atom. The van der Waals surface area contributed by atoms with Crippen LogP contribution in [0.3, 0.4) is 0 Å². The summed E-state index contributed by atoms with van der Waals surface area (Å²) < 4.78 is 2.85. The molecular weight excluding hydrogens is 296 g/mol. The number of carboxylic acids is 1. The molecule has 94 valence electrons. The van der Waals surface area contributed by atoms with Gasteiger partial charge in [0.05, 0.1) is 5.52 Å². The lowest BCUT2D eigenvalue weighted by Crippen LogP contribution is -2.00. The summed E-state index contributed by atoms with van der Waals surface area (Å²) in [7, 11) is 0. The number of imidazole rings is 1. The van der Waals surface area contributed by atoms with Crippen LogP contribution >= 0.6 is 15.9 Å². The Morgan fingerprint density at radius 2 is 2.11 bits per heavy atom. The summed E-state index contributed by atoms with van der Waals surface area (Å²) in [5, 5.41) is 9.22. The summed E-state index contributed by atoms with van der Waals surface area (Å²) in [4.78, 5) is 15.6. The largest absolute Gasteiger partial charge is 0.476 e. The second kappa shape index (κ2) is 4.39. The highest BCUT2D eigenvalue weighted by Crippen LogP contribution is 2.34. The van der Waals surface area contributed by atoms with Crippen LogP contribution in [-0.4, -0.2) is 20.5 Å². The van der Waals surface area contributed by atoms with Gasteiger partial charge in [-0.2, -0.15) is 0 Å². The van der Waals surface area contributed by atoms with E-state index in [1.807, 2.05) is 16.7 Å². The van der Waals surface area contributed by atoms with Crippen molar-refractivity contribution in [3.05, 3.63) is 34.3 Å². The first kappa shape index (κ1) is 11.7. The predicted molar refractivity (Wildman–Crippen MR) is 71.1 cm³/mol. The van der Waals surface area contributed by atoms with Crippen molar-refractivity contribution in [1.29, 1.82) is 0 Å². The molecule has 18 heavy (non-hydrogen) atoms. The zero-order valence-electron chi connectivity index (χ0n) is 9.77. The van der Waals surface area contributed by atoms with Gasteiger partial charge in [0.25, 0.3) is 0 Å². The van der Waals surface area contributed by atoms with Gasteiger partial charge < -0.3 is 9.51 Å². The molecular formula is C13H13BrN2O2. The summed E-state index contributed by atoms with van der Waals surface area (Å²) >= 11 is 3.43. The van der Waals surface area contributed by atoms with Crippen molar-refractivity contribution >= 4 is 27.4 Å². The Morgan fingerprint density at radius 3 is 2.78 bits per heavy atom. The van der Waals surface area contributed by atoms with Gasteiger partial charge >= 0.3 is 5.97 Å². The van der Waals surface area contributed by atoms with Crippen LogP contribution in [0.1, 0.15) is 47.9 Å². The topological polar surface area (TPSA) is 54.6 Å². The van der Waals surface area contributed by atoms with E-state index < -0.39 is 5.97 Å². The highest BCUT2D eigenvalue weighted by atomic mass is 79.9. The predicted octanol–water partition coefficient (Wildman–Crippen LogP) is 3.45. The Hall–Kier alpha value is -1.36. The van der Waals surface area contributed by atoms with Crippen LogP contribution in [0.2, 0.25) is 0 Å². The SMILES string of the molecule is O=C(O)c1nc(C2CCCC2)n2cc(Br)ccc12. The van der Waals surface area contributed by atoms with Crippen molar-refractivity contribution in [2.24, 2.45) is 0 Å². The van der Waals surface area contributed by atoms with Gasteiger partial charge in [0.1, 0.15) is 5.82 Å². The normalized spacial score (nSPS) is 16.5. The van der Waals surface area contributed by atoms with Crippen LogP contribution in [0.4, 0.5) is 0 Å². The van der Waals surface area contributed by atoms with Crippen LogP contribution in [0, 0.1) is 0 Å². The van der Waals surface area contributed by atoms with Crippen LogP contribution in [0.15, 0.2) is 22.8 Å². The molecule has 1 aliphatic carbocycles. The molecule has 1 aliphatic rings. The summed E-state index contributed by atoms with van der Waals surface area (Å²) in [5.74, 6) is 0.320. The summed E-state index contributed by atoms with van der Waals surface area (Å²) in [6.07, 6.45) is 6.52. The van der Waals surface area contributed by atoms with E-state index in [1.54, 1.807) is 6.07 Å². The molecule has 0 amide bonds. The minimum absolute atomic E-state index is 0.157. The number of rotatable bonds is 2. The minimum atomic E-state index is -0.959. The molecule has 1 N–H and O–H groups in total. The molecule has 0 atom stereocenters. The second-order valence-electron chi connectivity index (χ2n) is 4.71. The first-order chi connectivity index (χ1) is 8.66. The van der Waals surface area contributed by atoms with Crippen molar-refractivity contribution < 1.29 is 9.90 Å². The molecule has 2 heterocycles. The maximum absolute atomic E-state index is 11.2. The third kappa shape index (κ3) is 1.82. The second-order valence-corrected chi connectivity index (χ2v) is 5.62. The molecule has 0 bridgehead atoms. The van der Waals surface area contributed by atoms with Gasteiger partial charge in [0, 0.05) is 16.6 Å². The Kier molecular flexibility index (Phi) is 2.86. The fraction of sp³-hybridized carbons (Fsp3) is 0.385. The molecule has 0 aliphatic heterocycles. The number of fused-ring (bicyclic) bond motifs is 1. The molecule has 0 saturated heterocycles. The summed E-state index contributed by atoms with van der Waals surface area (Å²) in [5.41, 5.74) is 0.831. The molecule has 5 heteroatoms. The van der Waals surface area contributed by atoms with Gasteiger partial charge in [-0.25, -0.2) is 9.78 Å². The molecule has 4 nitrogen and oxygen atoms in total. The molecule has 0 spiro atoms. The molecule has 3 rings (SSSR count). The lowest BCUT2D eigenvalue weighted by molar-refractivity contribution is 0.0693. The highest BCUT2D eigenvalue weighted by Gasteiger charge is 2.25. The van der Waals surface area contributed by atoms with Gasteiger partial charge in [-0.1, -0.05) is 12.8 Å². The number of hydrogen-bond donors (Lipinski definition) is 1. The maximum atomic E-state index is 11.2. The number of nitrogens with zero attached hydrogens (tertiary/aromatic N) is 2. The number of hydrogen-bond acceptors (Lipinski definition) is 2. The molecule has 1 saturated carbocycles. The van der Waals surface area contributed by atoms with Crippen LogP contribution in [0.5, 0.6) is 0 Å². The van der Waals surface area contributed by atoms with Gasteiger partial charge in [-0.3, -0.25) is 0 Å².